The lowest BCUT2D eigenvalue weighted by Gasteiger charge is -2.36. The van der Waals surface area contributed by atoms with Gasteiger partial charge in [-0.15, -0.1) is 0 Å². The molecule has 6 heteroatoms. The molecule has 172 valence electrons. The average Bonchev–Trinajstić information content (AvgIpc) is 2.81. The first kappa shape index (κ1) is 23.3. The summed E-state index contributed by atoms with van der Waals surface area (Å²) < 4.78 is 20.5. The number of Topliss-reactive ketones (excluding diaryl/α,β-unsaturated/α-hetero) is 1. The van der Waals surface area contributed by atoms with E-state index in [9.17, 15) is 14.0 Å². The highest BCUT2D eigenvalue weighted by atomic mass is 32.2. The van der Waals surface area contributed by atoms with Crippen molar-refractivity contribution in [3.8, 4) is 0 Å². The van der Waals surface area contributed by atoms with Crippen molar-refractivity contribution in [2.45, 2.75) is 38.5 Å². The van der Waals surface area contributed by atoms with Gasteiger partial charge in [-0.3, -0.25) is 4.79 Å². The fourth-order valence-electron chi connectivity index (χ4n) is 4.71. The zero-order valence-corrected chi connectivity index (χ0v) is 19.7. The van der Waals surface area contributed by atoms with Crippen molar-refractivity contribution >= 4 is 23.5 Å². The van der Waals surface area contributed by atoms with Crippen LogP contribution in [0.4, 0.5) is 4.39 Å². The van der Waals surface area contributed by atoms with Crippen molar-refractivity contribution in [1.82, 2.24) is 5.32 Å². The first-order valence-electron chi connectivity index (χ1n) is 11.3. The minimum absolute atomic E-state index is 0.0404. The quantitative estimate of drug-likeness (QED) is 0.433. The molecule has 0 aromatic heterocycles. The SMILES string of the molecule is CCSCCOC(=O)C1=C(C)NC2=C(C(=O)C[C@@H](c3ccccc3)C2)[C@@H]1c1ccccc1F. The normalized spacial score (nSPS) is 20.4. The molecule has 4 nitrogen and oxygen atoms in total. The first-order valence-corrected chi connectivity index (χ1v) is 12.4. The Labute approximate surface area is 198 Å². The highest BCUT2D eigenvalue weighted by molar-refractivity contribution is 7.99. The number of dihydropyridines is 1. The summed E-state index contributed by atoms with van der Waals surface area (Å²) in [5.41, 5.74) is 3.59. The summed E-state index contributed by atoms with van der Waals surface area (Å²) in [6.07, 6.45) is 0.951. The molecule has 0 saturated heterocycles. The number of allylic oxidation sites excluding steroid dienone is 3. The van der Waals surface area contributed by atoms with Crippen molar-refractivity contribution in [1.29, 1.82) is 0 Å². The number of hydrogen-bond donors (Lipinski definition) is 1. The van der Waals surface area contributed by atoms with Crippen LogP contribution in [0.3, 0.4) is 0 Å². The topological polar surface area (TPSA) is 55.4 Å². The molecule has 2 aliphatic rings. The van der Waals surface area contributed by atoms with Crippen molar-refractivity contribution in [2.24, 2.45) is 0 Å². The molecule has 0 saturated carbocycles. The van der Waals surface area contributed by atoms with Crippen LogP contribution >= 0.6 is 11.8 Å². The Bertz CT molecular complexity index is 1110. The largest absolute Gasteiger partial charge is 0.461 e. The molecule has 0 spiro atoms. The Morgan fingerprint density at radius 1 is 1.12 bits per heavy atom. The van der Waals surface area contributed by atoms with Crippen molar-refractivity contribution in [3.05, 3.63) is 94.1 Å². The Hall–Kier alpha value is -2.86. The Morgan fingerprint density at radius 3 is 2.58 bits per heavy atom. The van der Waals surface area contributed by atoms with Gasteiger partial charge in [0, 0.05) is 34.7 Å². The van der Waals surface area contributed by atoms with E-state index in [0.29, 0.717) is 41.0 Å². The van der Waals surface area contributed by atoms with Gasteiger partial charge >= 0.3 is 5.97 Å². The van der Waals surface area contributed by atoms with Gasteiger partial charge in [0.15, 0.2) is 5.78 Å². The van der Waals surface area contributed by atoms with Gasteiger partial charge in [-0.25, -0.2) is 9.18 Å². The van der Waals surface area contributed by atoms with E-state index in [4.69, 9.17) is 4.74 Å². The number of carbonyl (C=O) groups excluding carboxylic acids is 2. The minimum atomic E-state index is -0.780. The maximum atomic E-state index is 15.0. The summed E-state index contributed by atoms with van der Waals surface area (Å²) >= 11 is 1.68. The molecule has 33 heavy (non-hydrogen) atoms. The molecule has 0 amide bonds. The zero-order chi connectivity index (χ0) is 23.4. The highest BCUT2D eigenvalue weighted by Gasteiger charge is 2.42. The van der Waals surface area contributed by atoms with Gasteiger partial charge < -0.3 is 10.1 Å². The first-order chi connectivity index (χ1) is 16.0. The molecular weight excluding hydrogens is 437 g/mol. The van der Waals surface area contributed by atoms with Crippen LogP contribution in [0.15, 0.2) is 77.1 Å². The number of thioether (sulfide) groups is 1. The fourth-order valence-corrected chi connectivity index (χ4v) is 5.20. The predicted octanol–water partition coefficient (Wildman–Crippen LogP) is 5.48. The minimum Gasteiger partial charge on any atom is -0.461 e. The number of halogens is 1. The van der Waals surface area contributed by atoms with E-state index in [1.807, 2.05) is 37.3 Å². The molecule has 4 rings (SSSR count). The summed E-state index contributed by atoms with van der Waals surface area (Å²) in [6, 6.07) is 16.3. The van der Waals surface area contributed by atoms with Crippen LogP contribution in [0.25, 0.3) is 0 Å². The van der Waals surface area contributed by atoms with Crippen LogP contribution in [0.5, 0.6) is 0 Å². The monoisotopic (exact) mass is 465 g/mol. The summed E-state index contributed by atoms with van der Waals surface area (Å²) in [5, 5.41) is 3.31. The number of rotatable bonds is 7. The van der Waals surface area contributed by atoms with Gasteiger partial charge in [-0.05, 0) is 36.6 Å². The lowest BCUT2D eigenvalue weighted by atomic mass is 9.71. The molecule has 0 radical (unpaired) electrons. The molecule has 1 aliphatic heterocycles. The van der Waals surface area contributed by atoms with Crippen molar-refractivity contribution < 1.29 is 18.7 Å². The predicted molar refractivity (Wildman–Crippen MR) is 129 cm³/mol. The van der Waals surface area contributed by atoms with Gasteiger partial charge in [0.25, 0.3) is 0 Å². The maximum Gasteiger partial charge on any atom is 0.336 e. The third-order valence-corrected chi connectivity index (χ3v) is 7.06. The van der Waals surface area contributed by atoms with Crippen LogP contribution in [0.1, 0.15) is 49.7 Å². The number of hydrogen-bond acceptors (Lipinski definition) is 5. The third-order valence-electron chi connectivity index (χ3n) is 6.20. The van der Waals surface area contributed by atoms with Crippen LogP contribution in [0, 0.1) is 5.82 Å². The molecule has 1 heterocycles. The van der Waals surface area contributed by atoms with Crippen LogP contribution in [-0.2, 0) is 14.3 Å². The number of ether oxygens (including phenoxy) is 1. The molecule has 0 bridgehead atoms. The van der Waals surface area contributed by atoms with E-state index in [0.717, 1.165) is 17.0 Å². The molecule has 0 fully saturated rings. The fraction of sp³-hybridized carbons (Fsp3) is 0.333. The number of benzene rings is 2. The Kier molecular flexibility index (Phi) is 7.33. The summed E-state index contributed by atoms with van der Waals surface area (Å²) in [5.74, 6) is -0.116. The summed E-state index contributed by atoms with van der Waals surface area (Å²) in [4.78, 5) is 26.6. The standard InChI is InChI=1S/C27H28FNO3S/c1-3-33-14-13-32-27(31)24-17(2)29-22-15-19(18-9-5-4-6-10-18)16-23(30)26(22)25(24)20-11-7-8-12-21(20)28/h4-12,19,25,29H,3,13-16H2,1-2H3/t19-,25+/m0/s1. The Morgan fingerprint density at radius 2 is 1.85 bits per heavy atom. The van der Waals surface area contributed by atoms with Crippen molar-refractivity contribution in [3.63, 3.8) is 0 Å². The van der Waals surface area contributed by atoms with Crippen LogP contribution in [-0.4, -0.2) is 29.9 Å². The molecule has 2 aromatic rings. The van der Waals surface area contributed by atoms with Gasteiger partial charge in [-0.1, -0.05) is 55.5 Å². The van der Waals surface area contributed by atoms with E-state index in [2.05, 4.69) is 5.32 Å². The second kappa shape index (κ2) is 10.4. The maximum absolute atomic E-state index is 15.0. The second-order valence-corrected chi connectivity index (χ2v) is 9.68. The zero-order valence-electron chi connectivity index (χ0n) is 18.9. The van der Waals surface area contributed by atoms with Crippen LogP contribution in [0.2, 0.25) is 0 Å². The number of ketones is 1. The molecule has 2 atom stereocenters. The number of nitrogens with one attached hydrogen (secondary N) is 1. The molecule has 1 N–H and O–H groups in total. The average molecular weight is 466 g/mol. The van der Waals surface area contributed by atoms with Gasteiger partial charge in [0.05, 0.1) is 11.5 Å². The lowest BCUT2D eigenvalue weighted by molar-refractivity contribution is -0.138. The van der Waals surface area contributed by atoms with E-state index in [1.54, 1.807) is 36.9 Å². The highest BCUT2D eigenvalue weighted by Crippen LogP contribution is 2.46. The van der Waals surface area contributed by atoms with Gasteiger partial charge in [-0.2, -0.15) is 11.8 Å². The molecule has 1 aliphatic carbocycles. The smallest absolute Gasteiger partial charge is 0.336 e. The molecule has 0 unspecified atom stereocenters. The third kappa shape index (κ3) is 4.91. The van der Waals surface area contributed by atoms with E-state index in [1.165, 1.54) is 6.07 Å². The molecule has 2 aromatic carbocycles. The lowest BCUT2D eigenvalue weighted by Crippen LogP contribution is -2.36. The molecular formula is C27H28FNO3S. The van der Waals surface area contributed by atoms with Gasteiger partial charge in [0.2, 0.25) is 0 Å². The summed E-state index contributed by atoms with van der Waals surface area (Å²) in [7, 11) is 0. The van der Waals surface area contributed by atoms with E-state index >= 15 is 0 Å². The summed E-state index contributed by atoms with van der Waals surface area (Å²) in [6.45, 7) is 4.11. The van der Waals surface area contributed by atoms with E-state index < -0.39 is 17.7 Å². The van der Waals surface area contributed by atoms with E-state index in [-0.39, 0.29) is 18.3 Å². The number of esters is 1. The Balaban J connectivity index is 1.73. The van der Waals surface area contributed by atoms with Crippen LogP contribution < -0.4 is 5.32 Å². The second-order valence-electron chi connectivity index (χ2n) is 8.28. The number of carbonyl (C=O) groups is 2. The van der Waals surface area contributed by atoms with Crippen molar-refractivity contribution in [2.75, 3.05) is 18.1 Å². The van der Waals surface area contributed by atoms with Gasteiger partial charge in [0.1, 0.15) is 12.4 Å².